The Hall–Kier alpha value is -2.52. The first-order chi connectivity index (χ1) is 10.7. The number of amides is 3. The Morgan fingerprint density at radius 1 is 1.43 bits per heavy atom. The van der Waals surface area contributed by atoms with Crippen LogP contribution in [0.3, 0.4) is 0 Å². The minimum absolute atomic E-state index is 0.143. The molecule has 8 nitrogen and oxygen atoms in total. The van der Waals surface area contributed by atoms with Gasteiger partial charge in [-0.25, -0.2) is 4.68 Å². The van der Waals surface area contributed by atoms with Crippen LogP contribution < -0.4 is 10.1 Å². The van der Waals surface area contributed by atoms with Crippen LogP contribution in [0.4, 0.5) is 8.78 Å². The number of imide groups is 1. The van der Waals surface area contributed by atoms with E-state index in [1.807, 2.05) is 0 Å². The number of carbonyl (C=O) groups is 3. The average molecular weight is 330 g/mol. The fourth-order valence-corrected chi connectivity index (χ4v) is 2.30. The molecule has 2 rings (SSSR count). The second-order valence-electron chi connectivity index (χ2n) is 5.30. The Kier molecular flexibility index (Phi) is 4.62. The number of hydrogen-bond donors (Lipinski definition) is 1. The lowest BCUT2D eigenvalue weighted by Gasteiger charge is -2.18. The van der Waals surface area contributed by atoms with Crippen LogP contribution in [0.25, 0.3) is 0 Å². The van der Waals surface area contributed by atoms with Gasteiger partial charge in [0.15, 0.2) is 5.69 Å². The number of halogens is 2. The monoisotopic (exact) mass is 330 g/mol. The summed E-state index contributed by atoms with van der Waals surface area (Å²) >= 11 is 0. The van der Waals surface area contributed by atoms with Gasteiger partial charge in [-0.3, -0.25) is 19.3 Å². The molecule has 2 heterocycles. The Morgan fingerprint density at radius 2 is 2.09 bits per heavy atom. The molecule has 3 amide bonds. The summed E-state index contributed by atoms with van der Waals surface area (Å²) in [5, 5.41) is 6.12. The molecule has 1 aliphatic rings. The lowest BCUT2D eigenvalue weighted by Crippen LogP contribution is -2.43. The second-order valence-corrected chi connectivity index (χ2v) is 5.30. The summed E-state index contributed by atoms with van der Waals surface area (Å²) in [6, 6.07) is -0.264. The van der Waals surface area contributed by atoms with Crippen LogP contribution in [0.2, 0.25) is 0 Å². The molecule has 126 valence electrons. The van der Waals surface area contributed by atoms with Gasteiger partial charge in [-0.1, -0.05) is 0 Å². The fourth-order valence-electron chi connectivity index (χ4n) is 2.30. The van der Waals surface area contributed by atoms with E-state index in [0.717, 1.165) is 15.6 Å². The quantitative estimate of drug-likeness (QED) is 0.783. The van der Waals surface area contributed by atoms with Crippen molar-refractivity contribution in [3.63, 3.8) is 0 Å². The molecule has 1 aromatic rings. The van der Waals surface area contributed by atoms with Crippen LogP contribution in [0.5, 0.6) is 5.88 Å². The third kappa shape index (κ3) is 3.46. The molecule has 1 N–H and O–H groups in total. The third-order valence-electron chi connectivity index (χ3n) is 3.28. The number of carbonyl (C=O) groups excluding carboxylic acids is 3. The van der Waals surface area contributed by atoms with E-state index in [9.17, 15) is 23.2 Å². The maximum Gasteiger partial charge on any atom is 0.388 e. The highest BCUT2D eigenvalue weighted by molar-refractivity contribution is 6.08. The molecule has 0 aliphatic carbocycles. The van der Waals surface area contributed by atoms with E-state index >= 15 is 0 Å². The van der Waals surface area contributed by atoms with Gasteiger partial charge in [-0.15, -0.1) is 0 Å². The van der Waals surface area contributed by atoms with E-state index in [-0.39, 0.29) is 29.9 Å². The Morgan fingerprint density at radius 3 is 2.61 bits per heavy atom. The number of nitrogens with one attached hydrogen (secondary N) is 1. The van der Waals surface area contributed by atoms with Gasteiger partial charge in [0.2, 0.25) is 11.8 Å². The largest absolute Gasteiger partial charge is 0.417 e. The minimum atomic E-state index is -3.05. The molecular formula is C13H16F2N4O4. The SMILES string of the molecule is CC(C)N1C(=O)CC(NC(=O)c2cc(OC(F)F)n(C)n2)C1=O. The lowest BCUT2D eigenvalue weighted by atomic mass is 10.2. The highest BCUT2D eigenvalue weighted by Crippen LogP contribution is 2.18. The van der Waals surface area contributed by atoms with Crippen molar-refractivity contribution in [1.82, 2.24) is 20.0 Å². The van der Waals surface area contributed by atoms with Gasteiger partial charge in [-0.05, 0) is 13.8 Å². The van der Waals surface area contributed by atoms with Gasteiger partial charge in [0.25, 0.3) is 11.8 Å². The fraction of sp³-hybridized carbons (Fsp3) is 0.538. The van der Waals surface area contributed by atoms with E-state index in [0.29, 0.717) is 0 Å². The van der Waals surface area contributed by atoms with Crippen LogP contribution in [0.1, 0.15) is 30.8 Å². The molecule has 0 spiro atoms. The summed E-state index contributed by atoms with van der Waals surface area (Å²) in [6.07, 6.45) is -0.143. The molecule has 10 heteroatoms. The molecule has 1 aliphatic heterocycles. The summed E-state index contributed by atoms with van der Waals surface area (Å²) in [4.78, 5) is 37.0. The number of rotatable bonds is 5. The zero-order valence-electron chi connectivity index (χ0n) is 12.7. The molecule has 23 heavy (non-hydrogen) atoms. The predicted octanol–water partition coefficient (Wildman–Crippen LogP) is 0.287. The van der Waals surface area contributed by atoms with Crippen LogP contribution in [-0.2, 0) is 16.6 Å². The van der Waals surface area contributed by atoms with E-state index in [1.165, 1.54) is 7.05 Å². The topological polar surface area (TPSA) is 93.5 Å². The van der Waals surface area contributed by atoms with Crippen molar-refractivity contribution >= 4 is 17.7 Å². The van der Waals surface area contributed by atoms with Crippen molar-refractivity contribution in [2.24, 2.45) is 7.05 Å². The van der Waals surface area contributed by atoms with Crippen molar-refractivity contribution in [2.45, 2.75) is 39.0 Å². The van der Waals surface area contributed by atoms with E-state index in [1.54, 1.807) is 13.8 Å². The van der Waals surface area contributed by atoms with E-state index in [2.05, 4.69) is 15.2 Å². The molecule has 0 bridgehead atoms. The molecule has 1 fully saturated rings. The number of hydrogen-bond acceptors (Lipinski definition) is 5. The van der Waals surface area contributed by atoms with Gasteiger partial charge in [0.05, 0.1) is 6.42 Å². The molecule has 1 atom stereocenters. The van der Waals surface area contributed by atoms with Gasteiger partial charge < -0.3 is 10.1 Å². The number of alkyl halides is 2. The van der Waals surface area contributed by atoms with Gasteiger partial charge >= 0.3 is 6.61 Å². The van der Waals surface area contributed by atoms with E-state index < -0.39 is 24.5 Å². The zero-order chi connectivity index (χ0) is 17.3. The van der Waals surface area contributed by atoms with Gasteiger partial charge in [0.1, 0.15) is 6.04 Å². The van der Waals surface area contributed by atoms with Crippen LogP contribution in [0.15, 0.2) is 6.07 Å². The van der Waals surface area contributed by atoms with Crippen molar-refractivity contribution in [3.05, 3.63) is 11.8 Å². The smallest absolute Gasteiger partial charge is 0.388 e. The molecule has 0 radical (unpaired) electrons. The molecule has 1 aromatic heterocycles. The zero-order valence-corrected chi connectivity index (χ0v) is 12.7. The number of nitrogens with zero attached hydrogens (tertiary/aromatic N) is 3. The van der Waals surface area contributed by atoms with Crippen molar-refractivity contribution in [3.8, 4) is 5.88 Å². The van der Waals surface area contributed by atoms with Crippen molar-refractivity contribution in [2.75, 3.05) is 0 Å². The van der Waals surface area contributed by atoms with Gasteiger partial charge in [0, 0.05) is 19.2 Å². The highest BCUT2D eigenvalue weighted by atomic mass is 19.3. The first-order valence-electron chi connectivity index (χ1n) is 6.86. The molecule has 0 saturated carbocycles. The first kappa shape index (κ1) is 16.8. The normalized spacial score (nSPS) is 18.2. The van der Waals surface area contributed by atoms with Crippen molar-refractivity contribution < 1.29 is 27.9 Å². The van der Waals surface area contributed by atoms with Crippen molar-refractivity contribution in [1.29, 1.82) is 0 Å². The standard InChI is InChI=1S/C13H16F2N4O4/c1-6(2)19-9(20)4-8(12(19)22)16-11(21)7-5-10(18(3)17-7)23-13(14)15/h5-6,8,13H,4H2,1-3H3,(H,16,21). The Balaban J connectivity index is 2.08. The van der Waals surface area contributed by atoms with Crippen LogP contribution in [-0.4, -0.2) is 51.1 Å². The van der Waals surface area contributed by atoms with Gasteiger partial charge in [-0.2, -0.15) is 13.9 Å². The number of aryl methyl sites for hydroxylation is 1. The third-order valence-corrected chi connectivity index (χ3v) is 3.28. The predicted molar refractivity (Wildman–Crippen MR) is 72.7 cm³/mol. The maximum atomic E-state index is 12.2. The first-order valence-corrected chi connectivity index (χ1v) is 6.86. The minimum Gasteiger partial charge on any atom is -0.417 e. The summed E-state index contributed by atoms with van der Waals surface area (Å²) in [6.45, 7) is 0.328. The number of likely N-dealkylation sites (tertiary alicyclic amines) is 1. The number of aromatic nitrogens is 2. The highest BCUT2D eigenvalue weighted by Gasteiger charge is 2.41. The molecule has 1 saturated heterocycles. The van der Waals surface area contributed by atoms with E-state index in [4.69, 9.17) is 0 Å². The summed E-state index contributed by atoms with van der Waals surface area (Å²) in [7, 11) is 1.33. The molecule has 1 unspecified atom stereocenters. The van der Waals surface area contributed by atoms with Crippen LogP contribution >= 0.6 is 0 Å². The second kappa shape index (κ2) is 6.31. The Bertz CT molecular complexity index is 644. The van der Waals surface area contributed by atoms with Crippen LogP contribution in [0, 0.1) is 0 Å². The molecule has 0 aromatic carbocycles. The lowest BCUT2D eigenvalue weighted by molar-refractivity contribution is -0.140. The summed E-state index contributed by atoms with van der Waals surface area (Å²) in [5.74, 6) is -1.92. The Labute approximate surface area is 130 Å². The average Bonchev–Trinajstić information content (AvgIpc) is 2.90. The molecular weight excluding hydrogens is 314 g/mol. The summed E-state index contributed by atoms with van der Waals surface area (Å²) in [5.41, 5.74) is -0.189. The number of ether oxygens (including phenoxy) is 1. The summed E-state index contributed by atoms with van der Waals surface area (Å²) < 4.78 is 29.6. The maximum absolute atomic E-state index is 12.2.